The summed E-state index contributed by atoms with van der Waals surface area (Å²) in [5.41, 5.74) is 0. The van der Waals surface area contributed by atoms with E-state index in [0.29, 0.717) is 6.04 Å². The van der Waals surface area contributed by atoms with Gasteiger partial charge in [0.05, 0.1) is 6.10 Å². The number of rotatable bonds is 4. The van der Waals surface area contributed by atoms with E-state index in [1.54, 1.807) is 0 Å². The quantitative estimate of drug-likeness (QED) is 0.804. The van der Waals surface area contributed by atoms with E-state index in [-0.39, 0.29) is 12.0 Å². The Morgan fingerprint density at radius 3 is 3.00 bits per heavy atom. The first-order valence-electron chi connectivity index (χ1n) is 6.99. The SMILES string of the molecule is O=C(c1sccc1Br)N(CC1CCCO1)C1CCSC1. The molecule has 0 N–H and O–H groups in total. The second-order valence-electron chi connectivity index (χ2n) is 5.21. The molecule has 6 heteroatoms. The molecule has 0 spiro atoms. The van der Waals surface area contributed by atoms with Gasteiger partial charge < -0.3 is 9.64 Å². The third-order valence-corrected chi connectivity index (χ3v) is 6.81. The fourth-order valence-electron chi connectivity index (χ4n) is 2.75. The number of carbonyl (C=O) groups is 1. The van der Waals surface area contributed by atoms with Gasteiger partial charge in [-0.05, 0) is 52.4 Å². The molecule has 3 heterocycles. The van der Waals surface area contributed by atoms with Crippen LogP contribution in [0.5, 0.6) is 0 Å². The number of thiophene rings is 1. The summed E-state index contributed by atoms with van der Waals surface area (Å²) in [5.74, 6) is 2.38. The van der Waals surface area contributed by atoms with Crippen LogP contribution in [-0.2, 0) is 4.74 Å². The molecule has 2 saturated heterocycles. The zero-order valence-corrected chi connectivity index (χ0v) is 14.4. The highest BCUT2D eigenvalue weighted by atomic mass is 79.9. The third-order valence-electron chi connectivity index (χ3n) is 3.84. The number of hydrogen-bond donors (Lipinski definition) is 0. The molecule has 2 fully saturated rings. The van der Waals surface area contributed by atoms with Crippen LogP contribution < -0.4 is 0 Å². The summed E-state index contributed by atoms with van der Waals surface area (Å²) in [4.78, 5) is 15.7. The Labute approximate surface area is 136 Å². The van der Waals surface area contributed by atoms with Gasteiger partial charge in [-0.15, -0.1) is 11.3 Å². The maximum absolute atomic E-state index is 12.8. The van der Waals surface area contributed by atoms with E-state index in [9.17, 15) is 4.79 Å². The van der Waals surface area contributed by atoms with Crippen molar-refractivity contribution in [1.29, 1.82) is 0 Å². The number of amides is 1. The summed E-state index contributed by atoms with van der Waals surface area (Å²) in [5, 5.41) is 1.96. The third kappa shape index (κ3) is 3.24. The van der Waals surface area contributed by atoms with Crippen molar-refractivity contribution in [2.45, 2.75) is 31.4 Å². The first kappa shape index (κ1) is 14.9. The van der Waals surface area contributed by atoms with Gasteiger partial charge in [-0.2, -0.15) is 11.8 Å². The van der Waals surface area contributed by atoms with Gasteiger partial charge in [0.15, 0.2) is 0 Å². The van der Waals surface area contributed by atoms with Gasteiger partial charge in [0.2, 0.25) is 0 Å². The normalized spacial score (nSPS) is 26.1. The molecule has 1 amide bonds. The predicted octanol–water partition coefficient (Wildman–Crippen LogP) is 3.64. The van der Waals surface area contributed by atoms with Crippen LogP contribution >= 0.6 is 39.0 Å². The topological polar surface area (TPSA) is 29.5 Å². The molecule has 2 aliphatic rings. The molecule has 3 nitrogen and oxygen atoms in total. The van der Waals surface area contributed by atoms with Crippen LogP contribution in [0.3, 0.4) is 0 Å². The number of hydrogen-bond acceptors (Lipinski definition) is 4. The Balaban J connectivity index is 1.76. The predicted molar refractivity (Wildman–Crippen MR) is 87.8 cm³/mol. The molecule has 2 atom stereocenters. The Morgan fingerprint density at radius 2 is 2.40 bits per heavy atom. The van der Waals surface area contributed by atoms with Crippen LogP contribution in [0.2, 0.25) is 0 Å². The van der Waals surface area contributed by atoms with Gasteiger partial charge in [0.1, 0.15) is 4.88 Å². The molecule has 110 valence electrons. The number of carbonyl (C=O) groups excluding carboxylic acids is 1. The number of thioether (sulfide) groups is 1. The molecule has 2 unspecified atom stereocenters. The average molecular weight is 376 g/mol. The van der Waals surface area contributed by atoms with E-state index in [2.05, 4.69) is 20.8 Å². The van der Waals surface area contributed by atoms with Gasteiger partial charge in [0.25, 0.3) is 5.91 Å². The van der Waals surface area contributed by atoms with Crippen LogP contribution in [0, 0.1) is 0 Å². The zero-order valence-electron chi connectivity index (χ0n) is 11.2. The lowest BCUT2D eigenvalue weighted by molar-refractivity contribution is 0.0445. The molecule has 0 bridgehead atoms. The lowest BCUT2D eigenvalue weighted by atomic mass is 10.1. The highest BCUT2D eigenvalue weighted by Crippen LogP contribution is 2.29. The maximum atomic E-state index is 12.8. The molecule has 0 saturated carbocycles. The maximum Gasteiger partial charge on any atom is 0.265 e. The molecule has 2 aliphatic heterocycles. The molecule has 3 rings (SSSR count). The van der Waals surface area contributed by atoms with Crippen molar-refractivity contribution in [1.82, 2.24) is 4.90 Å². The average Bonchev–Trinajstić information content (AvgIpc) is 3.17. The summed E-state index contributed by atoms with van der Waals surface area (Å²) in [7, 11) is 0. The van der Waals surface area contributed by atoms with Crippen LogP contribution in [0.15, 0.2) is 15.9 Å². The van der Waals surface area contributed by atoms with Crippen molar-refractivity contribution >= 4 is 44.9 Å². The van der Waals surface area contributed by atoms with Crippen molar-refractivity contribution < 1.29 is 9.53 Å². The fraction of sp³-hybridized carbons (Fsp3) is 0.643. The monoisotopic (exact) mass is 375 g/mol. The van der Waals surface area contributed by atoms with E-state index in [1.165, 1.54) is 11.3 Å². The van der Waals surface area contributed by atoms with Gasteiger partial charge in [0, 0.05) is 29.4 Å². The van der Waals surface area contributed by atoms with Crippen LogP contribution in [0.1, 0.15) is 28.9 Å². The number of ether oxygens (including phenoxy) is 1. The van der Waals surface area contributed by atoms with E-state index < -0.39 is 0 Å². The molecular formula is C14H18BrNO2S2. The first-order chi connectivity index (χ1) is 9.75. The lowest BCUT2D eigenvalue weighted by Gasteiger charge is -2.30. The molecule has 0 radical (unpaired) electrons. The van der Waals surface area contributed by atoms with Crippen molar-refractivity contribution in [2.24, 2.45) is 0 Å². The molecule has 20 heavy (non-hydrogen) atoms. The summed E-state index contributed by atoms with van der Waals surface area (Å²) in [6.45, 7) is 1.59. The lowest BCUT2D eigenvalue weighted by Crippen LogP contribution is -2.44. The summed E-state index contributed by atoms with van der Waals surface area (Å²) in [6.07, 6.45) is 3.53. The molecule has 1 aromatic rings. The highest BCUT2D eigenvalue weighted by Gasteiger charge is 2.32. The Morgan fingerprint density at radius 1 is 1.50 bits per heavy atom. The van der Waals surface area contributed by atoms with Crippen molar-refractivity contribution in [3.05, 3.63) is 20.8 Å². The van der Waals surface area contributed by atoms with E-state index in [0.717, 1.165) is 53.3 Å². The zero-order chi connectivity index (χ0) is 13.9. The minimum Gasteiger partial charge on any atom is -0.376 e. The second kappa shape index (κ2) is 6.81. The summed E-state index contributed by atoms with van der Waals surface area (Å²) in [6, 6.07) is 2.32. The number of nitrogens with zero attached hydrogens (tertiary/aromatic N) is 1. The first-order valence-corrected chi connectivity index (χ1v) is 9.82. The second-order valence-corrected chi connectivity index (χ2v) is 8.13. The van der Waals surface area contributed by atoms with Gasteiger partial charge in [-0.1, -0.05) is 0 Å². The minimum atomic E-state index is 0.162. The standard InChI is InChI=1S/C14H18BrNO2S2/c15-12-4-7-20-13(12)14(17)16(10-3-6-19-9-10)8-11-2-1-5-18-11/h4,7,10-11H,1-3,5-6,8-9H2. The molecule has 0 aliphatic carbocycles. The van der Waals surface area contributed by atoms with Crippen molar-refractivity contribution in [2.75, 3.05) is 24.7 Å². The molecule has 0 aromatic carbocycles. The summed E-state index contributed by atoms with van der Waals surface area (Å²) >= 11 is 6.94. The van der Waals surface area contributed by atoms with E-state index >= 15 is 0 Å². The van der Waals surface area contributed by atoms with Crippen molar-refractivity contribution in [3.8, 4) is 0 Å². The number of halogens is 1. The van der Waals surface area contributed by atoms with E-state index in [4.69, 9.17) is 4.74 Å². The highest BCUT2D eigenvalue weighted by molar-refractivity contribution is 9.10. The molecular weight excluding hydrogens is 358 g/mol. The smallest absolute Gasteiger partial charge is 0.265 e. The fourth-order valence-corrected chi connectivity index (χ4v) is 5.47. The van der Waals surface area contributed by atoms with E-state index in [1.807, 2.05) is 23.2 Å². The van der Waals surface area contributed by atoms with Gasteiger partial charge >= 0.3 is 0 Å². The van der Waals surface area contributed by atoms with Gasteiger partial charge in [-0.25, -0.2) is 0 Å². The van der Waals surface area contributed by atoms with Crippen LogP contribution in [-0.4, -0.2) is 47.6 Å². The Bertz CT molecular complexity index is 467. The summed E-state index contributed by atoms with van der Waals surface area (Å²) < 4.78 is 6.64. The Kier molecular flexibility index (Phi) is 5.07. The van der Waals surface area contributed by atoms with Crippen LogP contribution in [0.4, 0.5) is 0 Å². The van der Waals surface area contributed by atoms with Crippen LogP contribution in [0.25, 0.3) is 0 Å². The molecule has 1 aromatic heterocycles. The largest absolute Gasteiger partial charge is 0.376 e. The van der Waals surface area contributed by atoms with Crippen molar-refractivity contribution in [3.63, 3.8) is 0 Å². The minimum absolute atomic E-state index is 0.162. The van der Waals surface area contributed by atoms with Gasteiger partial charge in [-0.3, -0.25) is 4.79 Å². The Hall–Kier alpha value is -0.0400.